The van der Waals surface area contributed by atoms with Crippen LogP contribution in [0.4, 0.5) is 0 Å². The lowest BCUT2D eigenvalue weighted by atomic mass is 10.2. The Balaban J connectivity index is 4.64. The maximum Gasteiger partial charge on any atom is 0.306 e. The zero-order valence-electron chi connectivity index (χ0n) is 37.3. The van der Waals surface area contributed by atoms with Gasteiger partial charge in [-0.25, -0.2) is 0 Å². The molecule has 1 N–H and O–H groups in total. The van der Waals surface area contributed by atoms with Crippen LogP contribution in [0, 0.1) is 0 Å². The van der Waals surface area contributed by atoms with Crippen LogP contribution >= 0.6 is 7.82 Å². The van der Waals surface area contributed by atoms with Crippen LogP contribution < -0.4 is 4.89 Å². The number of quaternary nitrogens is 1. The summed E-state index contributed by atoms with van der Waals surface area (Å²) in [6, 6.07) is 0. The van der Waals surface area contributed by atoms with Gasteiger partial charge in [-0.3, -0.25) is 14.2 Å². The van der Waals surface area contributed by atoms with Crippen molar-refractivity contribution >= 4 is 19.8 Å². The number of likely N-dealkylation sites (N-methyl/N-ethyl adjacent to an activating group) is 1. The predicted octanol–water partition coefficient (Wildman–Crippen LogP) is 10.9. The molecular weight excluding hydrogens is 766 g/mol. The van der Waals surface area contributed by atoms with E-state index in [0.717, 1.165) is 32.1 Å². The summed E-state index contributed by atoms with van der Waals surface area (Å²) < 4.78 is 33.7. The molecule has 0 spiro atoms. The van der Waals surface area contributed by atoms with Crippen LogP contribution in [0.2, 0.25) is 0 Å². The summed E-state index contributed by atoms with van der Waals surface area (Å²) in [5, 5.41) is 10.1. The summed E-state index contributed by atoms with van der Waals surface area (Å²) in [5.74, 6) is -1.02. The lowest BCUT2D eigenvalue weighted by molar-refractivity contribution is -0.870. The fourth-order valence-electron chi connectivity index (χ4n) is 5.13. The molecule has 0 aromatic carbocycles. The van der Waals surface area contributed by atoms with Crippen LogP contribution in [-0.4, -0.2) is 81.2 Å². The summed E-state index contributed by atoms with van der Waals surface area (Å²) in [5.41, 5.74) is 0. The first-order chi connectivity index (χ1) is 28.4. The molecule has 10 nitrogen and oxygen atoms in total. The molecule has 336 valence electrons. The number of unbranched alkanes of at least 4 members (excludes halogenated alkanes) is 8. The standard InChI is InChI=1S/C48H80NO9P/c1-6-8-10-12-14-15-16-17-18-19-20-21-22-23-27-31-35-39-47(51)55-43-46(44-57-59(53,54)56-42-41-49(3,4)5)58-48(52)40-36-32-28-24-26-30-34-38-45(50)37-33-29-25-13-11-9-7-2/h14-15,17-18,20-21,23-25,27-30,33-34,37,45-46,50H,6-13,16,19,22,26,31-32,35-36,38-44H2,1-5H3/b15-14-,18-17-,21-20-,27-23-,28-24+,29-25-,34-30-,37-33-/t45-,46+/m0/s1. The molecule has 11 heteroatoms. The summed E-state index contributed by atoms with van der Waals surface area (Å²) in [7, 11) is 1.04. The Morgan fingerprint density at radius 1 is 0.627 bits per heavy atom. The SMILES string of the molecule is CCCCC/C=C\C=C/[C@H](O)C/C=C\C/C=C/CCCC(=O)O[C@H](COC(=O)CCC/C=C\C/C=C\C/C=C\C/C=C\CCCCC)COP(=O)([O-])OCC[N+](C)(C)C. The fourth-order valence-corrected chi connectivity index (χ4v) is 5.86. The molecule has 0 aromatic rings. The number of phosphoric ester groups is 1. The zero-order valence-corrected chi connectivity index (χ0v) is 38.2. The second kappa shape index (κ2) is 39.1. The summed E-state index contributed by atoms with van der Waals surface area (Å²) in [6.45, 7) is 3.91. The molecule has 0 bridgehead atoms. The van der Waals surface area contributed by atoms with Gasteiger partial charge in [-0.15, -0.1) is 0 Å². The van der Waals surface area contributed by atoms with Crippen molar-refractivity contribution in [3.05, 3.63) is 97.2 Å². The van der Waals surface area contributed by atoms with Gasteiger partial charge < -0.3 is 33.0 Å². The molecule has 0 saturated carbocycles. The molecule has 0 saturated heterocycles. The minimum atomic E-state index is -4.68. The first-order valence-corrected chi connectivity index (χ1v) is 23.5. The number of hydrogen-bond donors (Lipinski definition) is 1. The number of ether oxygens (including phenoxy) is 2. The number of carbonyl (C=O) groups excluding carboxylic acids is 2. The van der Waals surface area contributed by atoms with Gasteiger partial charge in [0, 0.05) is 12.8 Å². The molecule has 0 rings (SSSR count). The molecule has 59 heavy (non-hydrogen) atoms. The van der Waals surface area contributed by atoms with Crippen LogP contribution in [0.3, 0.4) is 0 Å². The highest BCUT2D eigenvalue weighted by atomic mass is 31.2. The van der Waals surface area contributed by atoms with E-state index in [1.54, 1.807) is 6.08 Å². The van der Waals surface area contributed by atoms with E-state index in [1.807, 2.05) is 63.7 Å². The molecule has 0 radical (unpaired) electrons. The average molecular weight is 846 g/mol. The van der Waals surface area contributed by atoms with Crippen LogP contribution in [0.5, 0.6) is 0 Å². The van der Waals surface area contributed by atoms with Crippen LogP contribution in [-0.2, 0) is 32.7 Å². The first kappa shape index (κ1) is 55.9. The number of esters is 2. The predicted molar refractivity (Wildman–Crippen MR) is 241 cm³/mol. The van der Waals surface area contributed by atoms with Crippen molar-refractivity contribution in [1.82, 2.24) is 0 Å². The van der Waals surface area contributed by atoms with Crippen molar-refractivity contribution in [2.24, 2.45) is 0 Å². The molecule has 0 aromatic heterocycles. The third-order valence-electron chi connectivity index (χ3n) is 8.66. The molecule has 0 aliphatic rings. The maximum absolute atomic E-state index is 12.7. The highest BCUT2D eigenvalue weighted by Crippen LogP contribution is 2.38. The molecular formula is C48H80NO9P. The van der Waals surface area contributed by atoms with Crippen LogP contribution in [0.25, 0.3) is 0 Å². The number of allylic oxidation sites excluding steroid dienone is 14. The summed E-state index contributed by atoms with van der Waals surface area (Å²) >= 11 is 0. The lowest BCUT2D eigenvalue weighted by Gasteiger charge is -2.28. The van der Waals surface area contributed by atoms with Gasteiger partial charge in [0.25, 0.3) is 7.82 Å². The monoisotopic (exact) mass is 846 g/mol. The number of phosphoric acid groups is 1. The summed E-state index contributed by atoms with van der Waals surface area (Å²) in [4.78, 5) is 37.5. The summed E-state index contributed by atoms with van der Waals surface area (Å²) in [6.07, 6.45) is 47.6. The molecule has 0 fully saturated rings. The first-order valence-electron chi connectivity index (χ1n) is 22.1. The van der Waals surface area contributed by atoms with Crippen molar-refractivity contribution in [3.8, 4) is 0 Å². The lowest BCUT2D eigenvalue weighted by Crippen LogP contribution is -2.37. The van der Waals surface area contributed by atoms with Crippen LogP contribution in [0.1, 0.15) is 136 Å². The third kappa shape index (κ3) is 42.8. The van der Waals surface area contributed by atoms with Gasteiger partial charge in [0.15, 0.2) is 6.10 Å². The van der Waals surface area contributed by atoms with Crippen molar-refractivity contribution in [3.63, 3.8) is 0 Å². The van der Waals surface area contributed by atoms with E-state index in [4.69, 9.17) is 18.5 Å². The second-order valence-corrected chi connectivity index (χ2v) is 17.0. The highest BCUT2D eigenvalue weighted by molar-refractivity contribution is 7.45. The normalized spacial score (nSPS) is 15.0. The van der Waals surface area contributed by atoms with Gasteiger partial charge in [0.1, 0.15) is 19.8 Å². The number of nitrogens with zero attached hydrogens (tertiary/aromatic N) is 1. The van der Waals surface area contributed by atoms with E-state index in [-0.39, 0.29) is 26.1 Å². The Morgan fingerprint density at radius 2 is 1.12 bits per heavy atom. The van der Waals surface area contributed by atoms with Gasteiger partial charge in [0.2, 0.25) is 0 Å². The number of carbonyl (C=O) groups is 2. The van der Waals surface area contributed by atoms with E-state index >= 15 is 0 Å². The molecule has 0 amide bonds. The number of rotatable bonds is 38. The third-order valence-corrected chi connectivity index (χ3v) is 9.62. The van der Waals surface area contributed by atoms with E-state index in [9.17, 15) is 24.2 Å². The molecule has 3 atom stereocenters. The Hall–Kier alpha value is -3.11. The van der Waals surface area contributed by atoms with E-state index in [1.165, 1.54) is 38.5 Å². The number of aliphatic hydroxyl groups excluding tert-OH is 1. The Kier molecular flexibility index (Phi) is 37.0. The second-order valence-electron chi connectivity index (χ2n) is 15.5. The topological polar surface area (TPSA) is 131 Å². The average Bonchev–Trinajstić information content (AvgIpc) is 3.18. The smallest absolute Gasteiger partial charge is 0.306 e. The van der Waals surface area contributed by atoms with E-state index in [0.29, 0.717) is 49.6 Å². The Labute approximate surface area is 358 Å². The van der Waals surface area contributed by atoms with Gasteiger partial charge >= 0.3 is 11.9 Å². The Morgan fingerprint density at radius 3 is 1.66 bits per heavy atom. The molecule has 0 aliphatic carbocycles. The number of aliphatic hydroxyl groups is 1. The van der Waals surface area contributed by atoms with Gasteiger partial charge in [-0.2, -0.15) is 0 Å². The highest BCUT2D eigenvalue weighted by Gasteiger charge is 2.21. The van der Waals surface area contributed by atoms with Crippen LogP contribution in [0.15, 0.2) is 97.2 Å². The van der Waals surface area contributed by atoms with Crippen molar-refractivity contribution < 1.29 is 47.2 Å². The molecule has 0 aliphatic heterocycles. The minimum Gasteiger partial charge on any atom is -0.756 e. The quantitative estimate of drug-likeness (QED) is 0.0161. The van der Waals surface area contributed by atoms with Gasteiger partial charge in [0.05, 0.1) is 33.9 Å². The van der Waals surface area contributed by atoms with E-state index in [2.05, 4.69) is 62.5 Å². The Bertz CT molecular complexity index is 1340. The van der Waals surface area contributed by atoms with Gasteiger partial charge in [-0.05, 0) is 83.5 Å². The van der Waals surface area contributed by atoms with E-state index < -0.39 is 38.6 Å². The minimum absolute atomic E-state index is 0.0666. The van der Waals surface area contributed by atoms with Crippen molar-refractivity contribution in [1.29, 1.82) is 0 Å². The molecule has 1 unspecified atom stereocenters. The fraction of sp³-hybridized carbons (Fsp3) is 0.625. The van der Waals surface area contributed by atoms with Gasteiger partial charge in [-0.1, -0.05) is 137 Å². The molecule has 0 heterocycles. The number of hydrogen-bond acceptors (Lipinski definition) is 9. The maximum atomic E-state index is 12.7. The van der Waals surface area contributed by atoms with Crippen molar-refractivity contribution in [2.75, 3.05) is 47.5 Å². The largest absolute Gasteiger partial charge is 0.756 e. The zero-order chi connectivity index (χ0) is 43.7. The van der Waals surface area contributed by atoms with Crippen molar-refractivity contribution in [2.45, 2.75) is 148 Å².